The Balaban J connectivity index is 0.00000529. The number of fused-ring (bicyclic) bond motifs is 8. The van der Waals surface area contributed by atoms with Crippen molar-refractivity contribution in [2.45, 2.75) is 64.8 Å². The fraction of sp³-hybridized carbons (Fsp3) is 0.0909. The maximum atomic E-state index is 13.0. The standard InChI is InChI=1S/C44H32O32S8.8Na/c45-37-17-9-18-27(79(59,60)61)3-14-4-29(81(65,66)67)21(41(49)34(14)39(18)47)11-22-31(83(71,72)73)7-16-8-32(84(74,75)76)24(44(52)36(16)43(22)51)12-23-30(82(68,69)70)6-15-5-28(80(62,63)64)20(40(48)35(15)42(23)50)10-19-26(78(56,57)58)2-13(33(37)38(19)46)1-25(17)77(53,54)55;;;;;;;;/h1-8,45-52H,9-12H2,(H,53,54,55)(H,56,57,58)(H,59,60,61)(H,62,63,64)(H,65,66,67)(H,68,69,70)(H,71,72,73)(H,74,75,76);;;;;;;;/q;8*+1/p-8. The number of benzene rings is 8. The zero-order valence-corrected chi connectivity index (χ0v) is 70.6. The van der Waals surface area contributed by atoms with Crippen LogP contribution in [0.2, 0.25) is 0 Å². The van der Waals surface area contributed by atoms with Gasteiger partial charge < -0.3 is 77.3 Å². The second-order valence-electron chi connectivity index (χ2n) is 18.3. The minimum Gasteiger partial charge on any atom is -0.744 e. The first kappa shape index (κ1) is 90.5. The molecule has 32 nitrogen and oxygen atoms in total. The Hall–Kier alpha value is 0.480. The van der Waals surface area contributed by atoms with Gasteiger partial charge in [-0.25, -0.2) is 67.3 Å². The van der Waals surface area contributed by atoms with Crippen molar-refractivity contribution >= 4 is 124 Å². The van der Waals surface area contributed by atoms with E-state index in [0.29, 0.717) is 0 Å². The zero-order valence-electron chi connectivity index (χ0n) is 48.1. The first-order chi connectivity index (χ1) is 38.1. The van der Waals surface area contributed by atoms with E-state index in [1.54, 1.807) is 0 Å². The van der Waals surface area contributed by atoms with E-state index in [1.807, 2.05) is 0 Å². The third kappa shape index (κ3) is 16.7. The fourth-order valence-corrected chi connectivity index (χ4v) is 16.0. The predicted octanol–water partition coefficient (Wildman–Crippen LogP) is -24.1. The molecule has 0 amide bonds. The number of hydrogen-bond acceptors (Lipinski definition) is 32. The van der Waals surface area contributed by atoms with Crippen LogP contribution in [0.15, 0.2) is 87.7 Å². The molecule has 8 N–H and O–H groups in total. The molecule has 8 aromatic carbocycles. The third-order valence-electron chi connectivity index (χ3n) is 13.6. The van der Waals surface area contributed by atoms with Gasteiger partial charge >= 0.3 is 236 Å². The van der Waals surface area contributed by atoms with Gasteiger partial charge in [-0.05, 0) is 70.1 Å². The van der Waals surface area contributed by atoms with E-state index in [-0.39, 0.29) is 285 Å². The van der Waals surface area contributed by atoms with Crippen molar-refractivity contribution in [2.75, 3.05) is 0 Å². The van der Waals surface area contributed by atoms with E-state index in [2.05, 4.69) is 0 Å². The predicted molar refractivity (Wildman–Crippen MR) is 264 cm³/mol. The van der Waals surface area contributed by atoms with Crippen molar-refractivity contribution in [2.24, 2.45) is 0 Å². The second kappa shape index (κ2) is 30.6. The van der Waals surface area contributed by atoms with Crippen molar-refractivity contribution in [3.8, 4) is 46.0 Å². The molecule has 0 atom stereocenters. The third-order valence-corrected chi connectivity index (χ3v) is 20.8. The zero-order chi connectivity index (χ0) is 63.0. The number of phenols is 8. The van der Waals surface area contributed by atoms with E-state index >= 15 is 0 Å². The Bertz CT molecular complexity index is 4470. The van der Waals surface area contributed by atoms with Crippen molar-refractivity contribution in [1.82, 2.24) is 0 Å². The molecule has 9 rings (SSSR count). The minimum atomic E-state index is -6.23. The first-order valence-electron chi connectivity index (χ1n) is 21.9. The molecule has 0 radical (unpaired) electrons. The topological polar surface area (TPSA) is 619 Å². The van der Waals surface area contributed by atoms with Crippen LogP contribution >= 0.6 is 0 Å². The van der Waals surface area contributed by atoms with Crippen molar-refractivity contribution in [1.29, 1.82) is 0 Å². The van der Waals surface area contributed by atoms with Gasteiger partial charge in [0.05, 0.1) is 60.7 Å². The summed E-state index contributed by atoms with van der Waals surface area (Å²) in [6, 6.07) is 0.582. The summed E-state index contributed by atoms with van der Waals surface area (Å²) in [5.74, 6) is -14.7. The van der Waals surface area contributed by atoms with Crippen LogP contribution in [0.1, 0.15) is 44.5 Å². The average molecular weight is 1510 g/mol. The van der Waals surface area contributed by atoms with Crippen LogP contribution < -0.4 is 236 Å². The molecular formula is C44H24Na8O32S8. The molecule has 0 spiro atoms. The molecular weight excluding hydrogens is 1480 g/mol. The average Bonchev–Trinajstić information content (AvgIpc) is 0.740. The van der Waals surface area contributed by atoms with E-state index in [4.69, 9.17) is 0 Å². The minimum absolute atomic E-state index is 0. The normalized spacial score (nSPS) is 13.0. The molecule has 0 saturated heterocycles. The Kier molecular flexibility index (Phi) is 30.1. The number of hydrogen-bond donors (Lipinski definition) is 8. The Morgan fingerprint density at radius 3 is 0.370 bits per heavy atom. The molecule has 0 unspecified atom stereocenters. The van der Waals surface area contributed by atoms with Gasteiger partial charge in [-0.1, -0.05) is 0 Å². The Labute approximate surface area is 696 Å². The summed E-state index contributed by atoms with van der Waals surface area (Å²) < 4.78 is 312. The van der Waals surface area contributed by atoms with E-state index in [9.17, 15) is 145 Å². The molecule has 0 aromatic heterocycles. The number of aromatic hydroxyl groups is 8. The smallest absolute Gasteiger partial charge is 0.744 e. The van der Waals surface area contributed by atoms with Crippen LogP contribution in [0, 0.1) is 0 Å². The summed E-state index contributed by atoms with van der Waals surface area (Å²) >= 11 is 0. The molecule has 8 aromatic rings. The summed E-state index contributed by atoms with van der Waals surface area (Å²) in [7, 11) is -49.9. The summed E-state index contributed by atoms with van der Waals surface area (Å²) in [5.41, 5.74) is -12.3. The van der Waals surface area contributed by atoms with Crippen LogP contribution in [0.25, 0.3) is 43.1 Å². The van der Waals surface area contributed by atoms with Gasteiger partial charge in [0.2, 0.25) is 0 Å². The maximum absolute atomic E-state index is 13.0. The molecule has 1 aliphatic carbocycles. The SMILES string of the molecule is O=S(=O)([O-])c1cc2cc(S(=O)(=O)[O-])c3c(O)c2c(O)c1Cc1c(S(=O)(=O)[O-])cc2cc(S(=O)(=O)[O-])c(c(O)c2c1O)Cc1c(S(=O)(=O)[O-])cc2cc(S(=O)(=O)[O-])c(c(O)c2c1O)Cc1c(S(=O)(=O)[O-])cc2cc(S(=O)(=O)[O-])c(c(O)c2c1O)C3.[Na+].[Na+].[Na+].[Na+].[Na+].[Na+].[Na+].[Na+]. The van der Waals surface area contributed by atoms with E-state index in [1.165, 1.54) is 0 Å². The number of phenolic OH excluding ortho intramolecular Hbond substituents is 8. The van der Waals surface area contributed by atoms with E-state index in [0.717, 1.165) is 0 Å². The molecule has 448 valence electrons. The first-order valence-corrected chi connectivity index (χ1v) is 33.1. The molecule has 0 fully saturated rings. The van der Waals surface area contributed by atoms with Crippen LogP contribution in [0.5, 0.6) is 46.0 Å². The van der Waals surface area contributed by atoms with Crippen LogP contribution in [0.3, 0.4) is 0 Å². The van der Waals surface area contributed by atoms with Crippen molar-refractivity contribution < 1.29 is 381 Å². The molecule has 1 aliphatic rings. The molecule has 0 heterocycles. The fourth-order valence-electron chi connectivity index (χ4n) is 10.1. The Morgan fingerprint density at radius 1 is 0.207 bits per heavy atom. The quantitative estimate of drug-likeness (QED) is 0.0517. The van der Waals surface area contributed by atoms with Gasteiger partial charge in [0.1, 0.15) is 127 Å². The van der Waals surface area contributed by atoms with Gasteiger partial charge in [-0.3, -0.25) is 0 Å². The summed E-state index contributed by atoms with van der Waals surface area (Å²) in [6.45, 7) is 0. The van der Waals surface area contributed by atoms with Gasteiger partial charge in [0.25, 0.3) is 0 Å². The molecule has 92 heavy (non-hydrogen) atoms. The van der Waals surface area contributed by atoms with Crippen molar-refractivity contribution in [3.05, 3.63) is 93.0 Å². The summed E-state index contributed by atoms with van der Waals surface area (Å²) in [6.07, 6.45) is -7.43. The summed E-state index contributed by atoms with van der Waals surface area (Å²) in [5, 5.41) is 85.1. The maximum Gasteiger partial charge on any atom is 1.00 e. The second-order valence-corrected chi connectivity index (χ2v) is 29.1. The van der Waals surface area contributed by atoms with Crippen molar-refractivity contribution in [3.63, 3.8) is 0 Å². The van der Waals surface area contributed by atoms with Gasteiger partial charge in [0, 0.05) is 70.2 Å². The number of rotatable bonds is 8. The molecule has 48 heteroatoms. The van der Waals surface area contributed by atoms with Crippen LogP contribution in [0.4, 0.5) is 0 Å². The van der Waals surface area contributed by atoms with Gasteiger partial charge in [0.15, 0.2) is 0 Å². The molecule has 0 aliphatic heterocycles. The van der Waals surface area contributed by atoms with Gasteiger partial charge in [-0.15, -0.1) is 0 Å². The Morgan fingerprint density at radius 2 is 0.293 bits per heavy atom. The van der Waals surface area contributed by atoms with Crippen LogP contribution in [-0.4, -0.2) is 145 Å². The largest absolute Gasteiger partial charge is 1.00 e. The van der Waals surface area contributed by atoms with Gasteiger partial charge in [-0.2, -0.15) is 0 Å². The monoisotopic (exact) mass is 1500 g/mol. The molecule has 12 bridgehead atoms. The summed E-state index contributed by atoms with van der Waals surface area (Å²) in [4.78, 5) is -14.4. The van der Waals surface area contributed by atoms with E-state index < -0.39 is 279 Å². The van der Waals surface area contributed by atoms with Crippen LogP contribution in [-0.2, 0) is 107 Å². The molecule has 0 saturated carbocycles.